The van der Waals surface area contributed by atoms with E-state index in [-0.39, 0.29) is 0 Å². The fraction of sp³-hybridized carbons (Fsp3) is 0.357. The predicted molar refractivity (Wildman–Crippen MR) is 69.9 cm³/mol. The molecule has 0 aliphatic rings. The molecule has 0 fully saturated rings. The second-order valence-electron chi connectivity index (χ2n) is 4.22. The molecule has 0 bridgehead atoms. The van der Waals surface area contributed by atoms with Crippen molar-refractivity contribution in [3.05, 3.63) is 53.9 Å². The van der Waals surface area contributed by atoms with Crippen molar-refractivity contribution in [2.45, 2.75) is 12.8 Å². The van der Waals surface area contributed by atoms with Gasteiger partial charge in [-0.15, -0.1) is 0 Å². The molecule has 2 aromatic rings. The highest BCUT2D eigenvalue weighted by Crippen LogP contribution is 1.98. The van der Waals surface area contributed by atoms with Gasteiger partial charge in [0.05, 0.1) is 5.69 Å². The summed E-state index contributed by atoms with van der Waals surface area (Å²) in [4.78, 5) is 0. The van der Waals surface area contributed by atoms with Gasteiger partial charge in [-0.25, -0.2) is 0 Å². The summed E-state index contributed by atoms with van der Waals surface area (Å²) < 4.78 is 1.85. The van der Waals surface area contributed by atoms with E-state index in [0.29, 0.717) is 0 Å². The van der Waals surface area contributed by atoms with Crippen molar-refractivity contribution in [3.63, 3.8) is 0 Å². The van der Waals surface area contributed by atoms with Gasteiger partial charge in [-0.2, -0.15) is 5.10 Å². The van der Waals surface area contributed by atoms with E-state index < -0.39 is 0 Å². The van der Waals surface area contributed by atoms with Gasteiger partial charge in [-0.05, 0) is 24.6 Å². The van der Waals surface area contributed by atoms with E-state index in [4.69, 9.17) is 0 Å². The van der Waals surface area contributed by atoms with Crippen LogP contribution >= 0.6 is 0 Å². The summed E-state index contributed by atoms with van der Waals surface area (Å²) in [7, 11) is 1.95. The molecule has 3 heteroatoms. The van der Waals surface area contributed by atoms with Gasteiger partial charge in [-0.1, -0.05) is 30.3 Å². The number of nitrogens with one attached hydrogen (secondary N) is 1. The quantitative estimate of drug-likeness (QED) is 0.765. The normalized spacial score (nSPS) is 10.6. The highest BCUT2D eigenvalue weighted by Gasteiger charge is 1.96. The number of hydrogen-bond acceptors (Lipinski definition) is 2. The Kier molecular flexibility index (Phi) is 4.33. The third kappa shape index (κ3) is 4.04. The van der Waals surface area contributed by atoms with E-state index in [1.807, 2.05) is 17.9 Å². The van der Waals surface area contributed by atoms with Crippen molar-refractivity contribution in [1.82, 2.24) is 15.1 Å². The maximum absolute atomic E-state index is 4.34. The summed E-state index contributed by atoms with van der Waals surface area (Å²) in [6.45, 7) is 2.01. The van der Waals surface area contributed by atoms with Crippen molar-refractivity contribution in [2.75, 3.05) is 13.1 Å². The first kappa shape index (κ1) is 11.9. The third-order valence-corrected chi connectivity index (χ3v) is 2.76. The molecule has 0 aliphatic carbocycles. The number of aromatic nitrogens is 2. The summed E-state index contributed by atoms with van der Waals surface area (Å²) in [5, 5.41) is 7.79. The summed E-state index contributed by atoms with van der Waals surface area (Å²) in [6.07, 6.45) is 4.07. The fourth-order valence-electron chi connectivity index (χ4n) is 1.82. The Morgan fingerprint density at radius 3 is 2.53 bits per heavy atom. The minimum atomic E-state index is 0.990. The zero-order valence-electron chi connectivity index (χ0n) is 10.3. The lowest BCUT2D eigenvalue weighted by atomic mass is 10.1. The van der Waals surface area contributed by atoms with Gasteiger partial charge in [-0.3, -0.25) is 4.68 Å². The van der Waals surface area contributed by atoms with Crippen LogP contribution in [-0.2, 0) is 19.9 Å². The van der Waals surface area contributed by atoms with Crippen LogP contribution in [0.5, 0.6) is 0 Å². The van der Waals surface area contributed by atoms with Crippen LogP contribution in [0, 0.1) is 0 Å². The first-order valence-electron chi connectivity index (χ1n) is 6.08. The summed E-state index contributed by atoms with van der Waals surface area (Å²) in [5.74, 6) is 0. The maximum Gasteiger partial charge on any atom is 0.0637 e. The van der Waals surface area contributed by atoms with Crippen LogP contribution in [0.4, 0.5) is 0 Å². The van der Waals surface area contributed by atoms with E-state index in [1.165, 1.54) is 5.56 Å². The molecule has 0 amide bonds. The van der Waals surface area contributed by atoms with Crippen LogP contribution in [0.3, 0.4) is 0 Å². The van der Waals surface area contributed by atoms with Crippen LogP contribution in [0.25, 0.3) is 0 Å². The standard InChI is InChI=1S/C14H19N3/c1-17-12-9-14(16-17)8-11-15-10-7-13-5-3-2-4-6-13/h2-6,9,12,15H,7-8,10-11H2,1H3. The van der Waals surface area contributed by atoms with Gasteiger partial charge >= 0.3 is 0 Å². The van der Waals surface area contributed by atoms with Crippen LogP contribution in [0.1, 0.15) is 11.3 Å². The van der Waals surface area contributed by atoms with Crippen LogP contribution in [0.2, 0.25) is 0 Å². The van der Waals surface area contributed by atoms with Gasteiger partial charge in [0.25, 0.3) is 0 Å². The molecule has 0 aliphatic heterocycles. The van der Waals surface area contributed by atoms with Crippen LogP contribution in [-0.4, -0.2) is 22.9 Å². The number of nitrogens with zero attached hydrogens (tertiary/aromatic N) is 2. The molecule has 2 rings (SSSR count). The molecule has 1 N–H and O–H groups in total. The van der Waals surface area contributed by atoms with Gasteiger partial charge < -0.3 is 5.32 Å². The number of aryl methyl sites for hydroxylation is 1. The Labute approximate surface area is 102 Å². The van der Waals surface area contributed by atoms with Gasteiger partial charge in [0, 0.05) is 26.2 Å². The number of hydrogen-bond donors (Lipinski definition) is 1. The van der Waals surface area contributed by atoms with Crippen molar-refractivity contribution in [3.8, 4) is 0 Å². The average molecular weight is 229 g/mol. The molecule has 0 radical (unpaired) electrons. The Morgan fingerprint density at radius 2 is 1.82 bits per heavy atom. The lowest BCUT2D eigenvalue weighted by molar-refractivity contribution is 0.663. The van der Waals surface area contributed by atoms with Crippen molar-refractivity contribution in [1.29, 1.82) is 0 Å². The Morgan fingerprint density at radius 1 is 1.06 bits per heavy atom. The van der Waals surface area contributed by atoms with E-state index >= 15 is 0 Å². The largest absolute Gasteiger partial charge is 0.316 e. The molecule has 90 valence electrons. The first-order valence-corrected chi connectivity index (χ1v) is 6.08. The van der Waals surface area contributed by atoms with Crippen molar-refractivity contribution in [2.24, 2.45) is 7.05 Å². The summed E-state index contributed by atoms with van der Waals surface area (Å²) >= 11 is 0. The third-order valence-electron chi connectivity index (χ3n) is 2.76. The number of benzene rings is 1. The van der Waals surface area contributed by atoms with E-state index in [2.05, 4.69) is 46.8 Å². The monoisotopic (exact) mass is 229 g/mol. The Hall–Kier alpha value is -1.61. The second-order valence-corrected chi connectivity index (χ2v) is 4.22. The SMILES string of the molecule is Cn1ccc(CCNCCc2ccccc2)n1. The fourth-order valence-corrected chi connectivity index (χ4v) is 1.82. The Balaban J connectivity index is 1.61. The zero-order valence-corrected chi connectivity index (χ0v) is 10.3. The lowest BCUT2D eigenvalue weighted by Crippen LogP contribution is -2.20. The molecule has 0 atom stereocenters. The van der Waals surface area contributed by atoms with Crippen LogP contribution < -0.4 is 5.32 Å². The van der Waals surface area contributed by atoms with Crippen molar-refractivity contribution >= 4 is 0 Å². The minimum Gasteiger partial charge on any atom is -0.316 e. The maximum atomic E-state index is 4.34. The highest BCUT2D eigenvalue weighted by molar-refractivity contribution is 5.14. The van der Waals surface area contributed by atoms with E-state index in [1.54, 1.807) is 0 Å². The molecule has 17 heavy (non-hydrogen) atoms. The molecule has 0 unspecified atom stereocenters. The second kappa shape index (κ2) is 6.21. The molecule has 0 saturated carbocycles. The van der Waals surface area contributed by atoms with Gasteiger partial charge in [0.1, 0.15) is 0 Å². The van der Waals surface area contributed by atoms with Gasteiger partial charge in [0.15, 0.2) is 0 Å². The summed E-state index contributed by atoms with van der Waals surface area (Å²) in [5.41, 5.74) is 2.54. The van der Waals surface area contributed by atoms with E-state index in [0.717, 1.165) is 31.6 Å². The molecule has 1 heterocycles. The molecular formula is C14H19N3. The Bertz CT molecular complexity index is 434. The summed E-state index contributed by atoms with van der Waals surface area (Å²) in [6, 6.07) is 12.6. The molecule has 0 spiro atoms. The molecule has 1 aromatic heterocycles. The van der Waals surface area contributed by atoms with Gasteiger partial charge in [0.2, 0.25) is 0 Å². The van der Waals surface area contributed by atoms with E-state index in [9.17, 15) is 0 Å². The smallest absolute Gasteiger partial charge is 0.0637 e. The van der Waals surface area contributed by atoms with Crippen molar-refractivity contribution < 1.29 is 0 Å². The highest BCUT2D eigenvalue weighted by atomic mass is 15.2. The van der Waals surface area contributed by atoms with Crippen LogP contribution in [0.15, 0.2) is 42.6 Å². The minimum absolute atomic E-state index is 0.990. The zero-order chi connectivity index (χ0) is 11.9. The molecular weight excluding hydrogens is 210 g/mol. The first-order chi connectivity index (χ1) is 8.34. The average Bonchev–Trinajstić information content (AvgIpc) is 2.76. The molecule has 3 nitrogen and oxygen atoms in total. The topological polar surface area (TPSA) is 29.9 Å². The molecule has 1 aromatic carbocycles. The molecule has 0 saturated heterocycles. The predicted octanol–water partition coefficient (Wildman–Crippen LogP) is 1.79. The lowest BCUT2D eigenvalue weighted by Gasteiger charge is -2.03. The number of rotatable bonds is 6.